The van der Waals surface area contributed by atoms with Crippen molar-refractivity contribution in [3.63, 3.8) is 0 Å². The number of anilines is 1. The average molecular weight is 394 g/mol. The van der Waals surface area contributed by atoms with Crippen molar-refractivity contribution >= 4 is 5.69 Å². The van der Waals surface area contributed by atoms with E-state index in [1.165, 1.54) is 6.07 Å². The molecular formula is C16H12F6N2O3. The maximum Gasteiger partial charge on any atom is 0.444 e. The van der Waals surface area contributed by atoms with Gasteiger partial charge in [-0.15, -0.1) is 0 Å². The number of fused-ring (bicyclic) bond motifs is 1. The van der Waals surface area contributed by atoms with E-state index < -0.39 is 48.4 Å². The topological polar surface area (TPSA) is 65.8 Å². The monoisotopic (exact) mass is 394 g/mol. The molecule has 5 nitrogen and oxygen atoms in total. The summed E-state index contributed by atoms with van der Waals surface area (Å²) in [5.74, 6) is -1.82. The van der Waals surface area contributed by atoms with E-state index in [4.69, 9.17) is 0 Å². The van der Waals surface area contributed by atoms with Crippen LogP contribution in [0.3, 0.4) is 0 Å². The number of alkyl halides is 5. The van der Waals surface area contributed by atoms with E-state index in [9.17, 15) is 36.6 Å². The molecule has 0 spiro atoms. The van der Waals surface area contributed by atoms with Crippen LogP contribution in [0.5, 0.6) is 5.75 Å². The molecule has 27 heavy (non-hydrogen) atoms. The molecule has 0 amide bonds. The molecule has 2 heterocycles. The zero-order valence-corrected chi connectivity index (χ0v) is 13.3. The number of halogens is 6. The SMILES string of the molecule is OC(c1cccc2c1OC(F)(F)C(O)N2Cc1ccnc(F)c1)C(F)(F)F. The summed E-state index contributed by atoms with van der Waals surface area (Å²) in [5, 5.41) is 19.4. The van der Waals surface area contributed by atoms with Crippen molar-refractivity contribution in [3.05, 3.63) is 53.6 Å². The van der Waals surface area contributed by atoms with Crippen LogP contribution < -0.4 is 9.64 Å². The van der Waals surface area contributed by atoms with E-state index >= 15 is 0 Å². The fourth-order valence-electron chi connectivity index (χ4n) is 2.68. The molecule has 0 bridgehead atoms. The summed E-state index contributed by atoms with van der Waals surface area (Å²) >= 11 is 0. The van der Waals surface area contributed by atoms with E-state index in [0.717, 1.165) is 30.5 Å². The van der Waals surface area contributed by atoms with Gasteiger partial charge in [0.25, 0.3) is 0 Å². The van der Waals surface area contributed by atoms with Crippen LogP contribution >= 0.6 is 0 Å². The van der Waals surface area contributed by atoms with E-state index in [-0.39, 0.29) is 11.3 Å². The fraction of sp³-hybridized carbons (Fsp3) is 0.312. The molecule has 0 saturated carbocycles. The lowest BCUT2D eigenvalue weighted by atomic mass is 10.0. The van der Waals surface area contributed by atoms with E-state index in [0.29, 0.717) is 4.90 Å². The highest BCUT2D eigenvalue weighted by atomic mass is 19.4. The predicted octanol–water partition coefficient (Wildman–Crippen LogP) is 3.13. The molecule has 1 aromatic heterocycles. The van der Waals surface area contributed by atoms with Gasteiger partial charge in [-0.3, -0.25) is 0 Å². The number of rotatable bonds is 3. The average Bonchev–Trinajstić information content (AvgIpc) is 2.57. The third-order valence-corrected chi connectivity index (χ3v) is 3.92. The van der Waals surface area contributed by atoms with Crippen molar-refractivity contribution < 1.29 is 41.3 Å². The molecule has 0 radical (unpaired) electrons. The minimum absolute atomic E-state index is 0.131. The second-order valence-corrected chi connectivity index (χ2v) is 5.79. The van der Waals surface area contributed by atoms with Crippen LogP contribution in [0, 0.1) is 5.95 Å². The summed E-state index contributed by atoms with van der Waals surface area (Å²) in [6.07, 6.45) is -14.0. The van der Waals surface area contributed by atoms with Gasteiger partial charge in [0.2, 0.25) is 12.2 Å². The number of aliphatic hydroxyl groups is 2. The zero-order chi connectivity index (χ0) is 20.0. The van der Waals surface area contributed by atoms with Crippen molar-refractivity contribution in [3.8, 4) is 5.75 Å². The van der Waals surface area contributed by atoms with Crippen LogP contribution in [0.4, 0.5) is 32.0 Å². The third kappa shape index (κ3) is 3.65. The Morgan fingerprint density at radius 3 is 2.59 bits per heavy atom. The van der Waals surface area contributed by atoms with Crippen LogP contribution in [0.25, 0.3) is 0 Å². The molecule has 11 heteroatoms. The number of nitrogens with zero attached hydrogens (tertiary/aromatic N) is 2. The summed E-state index contributed by atoms with van der Waals surface area (Å²) in [4.78, 5) is 3.96. The Labute approximate surface area is 148 Å². The van der Waals surface area contributed by atoms with Crippen LogP contribution in [0.2, 0.25) is 0 Å². The Morgan fingerprint density at radius 1 is 1.26 bits per heavy atom. The lowest BCUT2D eigenvalue weighted by molar-refractivity contribution is -0.248. The van der Waals surface area contributed by atoms with Gasteiger partial charge in [-0.25, -0.2) is 4.98 Å². The fourth-order valence-corrected chi connectivity index (χ4v) is 2.68. The highest BCUT2D eigenvalue weighted by molar-refractivity contribution is 5.65. The molecule has 2 unspecified atom stereocenters. The lowest BCUT2D eigenvalue weighted by Crippen LogP contribution is -2.54. The predicted molar refractivity (Wildman–Crippen MR) is 79.4 cm³/mol. The standard InChI is InChI=1S/C16H12F6N2O3/c17-11-6-8(4-5-23-11)7-24-10-3-1-2-9(13(25)15(18,19)20)12(10)27-16(21,22)14(24)26/h1-6,13-14,25-26H,7H2. The lowest BCUT2D eigenvalue weighted by Gasteiger charge is -2.40. The van der Waals surface area contributed by atoms with Gasteiger partial charge in [-0.2, -0.15) is 26.3 Å². The molecular weight excluding hydrogens is 382 g/mol. The van der Waals surface area contributed by atoms with Gasteiger partial charge in [0.15, 0.2) is 11.9 Å². The smallest absolute Gasteiger partial charge is 0.427 e. The maximum atomic E-state index is 14.1. The maximum absolute atomic E-state index is 14.1. The molecule has 0 aliphatic carbocycles. The molecule has 1 aromatic carbocycles. The van der Waals surface area contributed by atoms with Crippen molar-refractivity contribution in [2.45, 2.75) is 31.2 Å². The summed E-state index contributed by atoms with van der Waals surface area (Å²) in [7, 11) is 0. The Kier molecular flexibility index (Phi) is 4.68. The van der Waals surface area contributed by atoms with E-state index in [1.807, 2.05) is 0 Å². The molecule has 2 aromatic rings. The molecule has 146 valence electrons. The summed E-state index contributed by atoms with van der Waals surface area (Å²) in [5.41, 5.74) is -1.11. The summed E-state index contributed by atoms with van der Waals surface area (Å²) in [6, 6.07) is 5.22. The van der Waals surface area contributed by atoms with Crippen molar-refractivity contribution in [2.24, 2.45) is 0 Å². The van der Waals surface area contributed by atoms with Crippen LogP contribution in [-0.4, -0.2) is 33.7 Å². The highest BCUT2D eigenvalue weighted by Crippen LogP contribution is 2.48. The Hall–Kier alpha value is -2.53. The van der Waals surface area contributed by atoms with Gasteiger partial charge in [0.05, 0.1) is 5.69 Å². The second kappa shape index (κ2) is 6.57. The summed E-state index contributed by atoms with van der Waals surface area (Å²) < 4.78 is 84.3. The first-order valence-corrected chi connectivity index (χ1v) is 7.50. The largest absolute Gasteiger partial charge is 0.444 e. The number of benzene rings is 1. The number of para-hydroxylation sites is 1. The van der Waals surface area contributed by atoms with Crippen LogP contribution in [-0.2, 0) is 6.54 Å². The second-order valence-electron chi connectivity index (χ2n) is 5.79. The van der Waals surface area contributed by atoms with Crippen molar-refractivity contribution in [1.29, 1.82) is 0 Å². The van der Waals surface area contributed by atoms with Gasteiger partial charge >= 0.3 is 12.3 Å². The molecule has 2 atom stereocenters. The first-order chi connectivity index (χ1) is 12.5. The van der Waals surface area contributed by atoms with Gasteiger partial charge < -0.3 is 19.8 Å². The van der Waals surface area contributed by atoms with Gasteiger partial charge in [0, 0.05) is 18.3 Å². The molecule has 3 rings (SSSR count). The number of aliphatic hydroxyl groups excluding tert-OH is 2. The van der Waals surface area contributed by atoms with E-state index in [2.05, 4.69) is 9.72 Å². The quantitative estimate of drug-likeness (QED) is 0.619. The summed E-state index contributed by atoms with van der Waals surface area (Å²) in [6.45, 7) is -0.474. The highest BCUT2D eigenvalue weighted by Gasteiger charge is 2.52. The van der Waals surface area contributed by atoms with Crippen molar-refractivity contribution in [1.82, 2.24) is 4.98 Å². The van der Waals surface area contributed by atoms with Crippen LogP contribution in [0.15, 0.2) is 36.5 Å². The first kappa shape index (κ1) is 19.2. The molecule has 0 saturated heterocycles. The van der Waals surface area contributed by atoms with Gasteiger partial charge in [0.1, 0.15) is 0 Å². The minimum Gasteiger partial charge on any atom is -0.427 e. The van der Waals surface area contributed by atoms with Gasteiger partial charge in [-0.05, 0) is 23.8 Å². The number of hydrogen-bond donors (Lipinski definition) is 2. The van der Waals surface area contributed by atoms with Crippen LogP contribution in [0.1, 0.15) is 17.2 Å². The first-order valence-electron chi connectivity index (χ1n) is 7.50. The normalized spacial score (nSPS) is 20.0. The zero-order valence-electron chi connectivity index (χ0n) is 13.3. The van der Waals surface area contributed by atoms with E-state index in [1.54, 1.807) is 0 Å². The minimum atomic E-state index is -5.12. The molecule has 2 N–H and O–H groups in total. The number of hydrogen-bond acceptors (Lipinski definition) is 5. The Bertz CT molecular complexity index is 845. The van der Waals surface area contributed by atoms with Crippen molar-refractivity contribution in [2.75, 3.05) is 4.90 Å². The number of ether oxygens (including phenoxy) is 1. The molecule has 1 aliphatic heterocycles. The molecule has 0 fully saturated rings. The van der Waals surface area contributed by atoms with Gasteiger partial charge in [-0.1, -0.05) is 12.1 Å². The number of aromatic nitrogens is 1. The third-order valence-electron chi connectivity index (χ3n) is 3.92. The molecule has 1 aliphatic rings. The Balaban J connectivity index is 2.09. The number of pyridine rings is 1. The Morgan fingerprint density at radius 2 is 1.96 bits per heavy atom.